The minimum atomic E-state index is -0.300. The van der Waals surface area contributed by atoms with E-state index in [0.29, 0.717) is 31.8 Å². The van der Waals surface area contributed by atoms with Gasteiger partial charge in [0.25, 0.3) is 5.91 Å². The zero-order valence-corrected chi connectivity index (χ0v) is 16.3. The average molecular weight is 397 g/mol. The number of carbonyl (C=O) groups excluding carboxylic acids is 1. The van der Waals surface area contributed by atoms with Crippen LogP contribution in [-0.2, 0) is 4.74 Å². The number of nitrogens with zero attached hydrogens (tertiary/aromatic N) is 3. The molecule has 1 aliphatic heterocycles. The lowest BCUT2D eigenvalue weighted by Gasteiger charge is -2.32. The number of hydrogen-bond acceptors (Lipinski definition) is 4. The van der Waals surface area contributed by atoms with Crippen molar-refractivity contribution in [1.82, 2.24) is 14.7 Å². The van der Waals surface area contributed by atoms with Crippen LogP contribution < -0.4 is 5.73 Å². The molecule has 1 saturated heterocycles. The SMILES string of the molecule is Cc1c(C(=O)N2CCC(OCCCN)CC2)cnn1-c1ccc(F)cc1.Cl. The lowest BCUT2D eigenvalue weighted by atomic mass is 10.1. The molecular formula is C19H26ClFN4O2. The molecule has 2 N–H and O–H groups in total. The van der Waals surface area contributed by atoms with Crippen LogP contribution in [0.3, 0.4) is 0 Å². The quantitative estimate of drug-likeness (QED) is 0.762. The molecule has 27 heavy (non-hydrogen) atoms. The fraction of sp³-hybridized carbons (Fsp3) is 0.474. The van der Waals surface area contributed by atoms with Crippen LogP contribution in [0, 0.1) is 12.7 Å². The van der Waals surface area contributed by atoms with E-state index in [1.807, 2.05) is 11.8 Å². The van der Waals surface area contributed by atoms with Gasteiger partial charge >= 0.3 is 0 Å². The molecule has 1 amide bonds. The molecule has 2 aromatic rings. The number of hydrogen-bond donors (Lipinski definition) is 1. The third-order valence-corrected chi connectivity index (χ3v) is 4.74. The monoisotopic (exact) mass is 396 g/mol. The number of halogens is 2. The van der Waals surface area contributed by atoms with E-state index >= 15 is 0 Å². The minimum Gasteiger partial charge on any atom is -0.378 e. The van der Waals surface area contributed by atoms with Gasteiger partial charge in [-0.05, 0) is 57.0 Å². The van der Waals surface area contributed by atoms with Crippen LogP contribution in [0.2, 0.25) is 0 Å². The Balaban J connectivity index is 0.00000261. The van der Waals surface area contributed by atoms with Crippen molar-refractivity contribution in [3.05, 3.63) is 47.5 Å². The number of ether oxygens (including phenoxy) is 1. The second-order valence-corrected chi connectivity index (χ2v) is 6.54. The van der Waals surface area contributed by atoms with Gasteiger partial charge in [-0.1, -0.05) is 0 Å². The first kappa shape index (κ1) is 21.3. The number of carbonyl (C=O) groups is 1. The average Bonchev–Trinajstić information content (AvgIpc) is 3.04. The lowest BCUT2D eigenvalue weighted by molar-refractivity contribution is 0.00843. The molecule has 6 nitrogen and oxygen atoms in total. The Hall–Kier alpha value is -1.96. The molecule has 1 aromatic heterocycles. The largest absolute Gasteiger partial charge is 0.378 e. The predicted octanol–water partition coefficient (Wildman–Crippen LogP) is 2.71. The normalized spacial score (nSPS) is 14.9. The zero-order chi connectivity index (χ0) is 18.5. The summed E-state index contributed by atoms with van der Waals surface area (Å²) in [6.07, 6.45) is 4.32. The number of piperidine rings is 1. The summed E-state index contributed by atoms with van der Waals surface area (Å²) in [5.41, 5.74) is 7.54. The molecule has 8 heteroatoms. The van der Waals surface area contributed by atoms with E-state index in [9.17, 15) is 9.18 Å². The van der Waals surface area contributed by atoms with Crippen LogP contribution in [0.1, 0.15) is 35.3 Å². The third kappa shape index (κ3) is 5.06. The Labute approximate surface area is 164 Å². The first-order valence-corrected chi connectivity index (χ1v) is 9.01. The molecule has 1 aliphatic rings. The summed E-state index contributed by atoms with van der Waals surface area (Å²) in [6, 6.07) is 6.06. The van der Waals surface area contributed by atoms with Crippen molar-refractivity contribution in [2.24, 2.45) is 5.73 Å². The Bertz CT molecular complexity index is 743. The molecule has 0 spiro atoms. The summed E-state index contributed by atoms with van der Waals surface area (Å²) >= 11 is 0. The van der Waals surface area contributed by atoms with Crippen molar-refractivity contribution in [3.63, 3.8) is 0 Å². The van der Waals surface area contributed by atoms with Crippen molar-refractivity contribution >= 4 is 18.3 Å². The highest BCUT2D eigenvalue weighted by Gasteiger charge is 2.26. The van der Waals surface area contributed by atoms with E-state index in [-0.39, 0.29) is 30.2 Å². The standard InChI is InChI=1S/C19H25FN4O2.ClH/c1-14-18(13-22-24(14)16-5-3-15(20)4-6-16)19(25)23-10-7-17(8-11-23)26-12-2-9-21;/h3-6,13,17H,2,7-12,21H2,1H3;1H. The molecular weight excluding hydrogens is 371 g/mol. The highest BCUT2D eigenvalue weighted by molar-refractivity contribution is 5.95. The Morgan fingerprint density at radius 2 is 1.96 bits per heavy atom. The number of benzene rings is 1. The van der Waals surface area contributed by atoms with Gasteiger partial charge in [0.15, 0.2) is 0 Å². The summed E-state index contributed by atoms with van der Waals surface area (Å²) in [7, 11) is 0. The van der Waals surface area contributed by atoms with Crippen LogP contribution >= 0.6 is 12.4 Å². The highest BCUT2D eigenvalue weighted by atomic mass is 35.5. The number of likely N-dealkylation sites (tertiary alicyclic amines) is 1. The molecule has 1 aromatic carbocycles. The fourth-order valence-electron chi connectivity index (χ4n) is 3.19. The van der Waals surface area contributed by atoms with Crippen molar-refractivity contribution in [2.75, 3.05) is 26.2 Å². The van der Waals surface area contributed by atoms with Crippen molar-refractivity contribution in [2.45, 2.75) is 32.3 Å². The molecule has 0 saturated carbocycles. The summed E-state index contributed by atoms with van der Waals surface area (Å²) in [4.78, 5) is 14.7. The van der Waals surface area contributed by atoms with Crippen LogP contribution in [0.25, 0.3) is 5.69 Å². The van der Waals surface area contributed by atoms with E-state index in [4.69, 9.17) is 10.5 Å². The summed E-state index contributed by atoms with van der Waals surface area (Å²) in [5, 5.41) is 4.31. The highest BCUT2D eigenvalue weighted by Crippen LogP contribution is 2.20. The minimum absolute atomic E-state index is 0. The Morgan fingerprint density at radius 1 is 1.30 bits per heavy atom. The molecule has 1 fully saturated rings. The maximum atomic E-state index is 13.1. The van der Waals surface area contributed by atoms with Gasteiger partial charge in [0.05, 0.1) is 29.2 Å². The Morgan fingerprint density at radius 3 is 2.59 bits per heavy atom. The summed E-state index contributed by atoms with van der Waals surface area (Å²) < 4.78 is 20.6. The summed E-state index contributed by atoms with van der Waals surface area (Å²) in [6.45, 7) is 4.51. The third-order valence-electron chi connectivity index (χ3n) is 4.74. The van der Waals surface area contributed by atoms with E-state index in [2.05, 4.69) is 5.10 Å². The van der Waals surface area contributed by atoms with Crippen molar-refractivity contribution < 1.29 is 13.9 Å². The zero-order valence-electron chi connectivity index (χ0n) is 15.4. The lowest BCUT2D eigenvalue weighted by Crippen LogP contribution is -2.41. The van der Waals surface area contributed by atoms with Crippen LogP contribution in [0.4, 0.5) is 4.39 Å². The molecule has 0 aliphatic carbocycles. The van der Waals surface area contributed by atoms with E-state index in [1.54, 1.807) is 23.0 Å². The van der Waals surface area contributed by atoms with Gasteiger partial charge < -0.3 is 15.4 Å². The first-order chi connectivity index (χ1) is 12.6. The number of nitrogens with two attached hydrogens (primary N) is 1. The van der Waals surface area contributed by atoms with Gasteiger partial charge in [-0.2, -0.15) is 5.10 Å². The number of aromatic nitrogens is 2. The molecule has 0 bridgehead atoms. The molecule has 2 heterocycles. The second-order valence-electron chi connectivity index (χ2n) is 6.54. The first-order valence-electron chi connectivity index (χ1n) is 9.01. The maximum Gasteiger partial charge on any atom is 0.257 e. The predicted molar refractivity (Wildman–Crippen MR) is 104 cm³/mol. The van der Waals surface area contributed by atoms with Gasteiger partial charge in [0.2, 0.25) is 0 Å². The maximum absolute atomic E-state index is 13.1. The topological polar surface area (TPSA) is 73.4 Å². The molecule has 0 unspecified atom stereocenters. The molecule has 0 radical (unpaired) electrons. The van der Waals surface area contributed by atoms with Gasteiger partial charge in [0.1, 0.15) is 5.82 Å². The fourth-order valence-corrected chi connectivity index (χ4v) is 3.19. The van der Waals surface area contributed by atoms with Crippen LogP contribution in [-0.4, -0.2) is 52.9 Å². The second kappa shape index (κ2) is 9.82. The summed E-state index contributed by atoms with van der Waals surface area (Å²) in [5.74, 6) is -0.317. The number of rotatable bonds is 6. The molecule has 0 atom stereocenters. The van der Waals surface area contributed by atoms with Gasteiger partial charge in [-0.3, -0.25) is 4.79 Å². The van der Waals surface area contributed by atoms with E-state index in [1.165, 1.54) is 12.1 Å². The molecule has 148 valence electrons. The smallest absolute Gasteiger partial charge is 0.257 e. The van der Waals surface area contributed by atoms with Gasteiger partial charge in [-0.15, -0.1) is 12.4 Å². The number of amides is 1. The van der Waals surface area contributed by atoms with Crippen molar-refractivity contribution in [3.8, 4) is 5.69 Å². The van der Waals surface area contributed by atoms with Crippen molar-refractivity contribution in [1.29, 1.82) is 0 Å². The Kier molecular flexibility index (Phi) is 7.77. The van der Waals surface area contributed by atoms with Crippen LogP contribution in [0.15, 0.2) is 30.5 Å². The van der Waals surface area contributed by atoms with Gasteiger partial charge in [-0.25, -0.2) is 9.07 Å². The van der Waals surface area contributed by atoms with Crippen LogP contribution in [0.5, 0.6) is 0 Å². The van der Waals surface area contributed by atoms with Gasteiger partial charge in [0, 0.05) is 19.7 Å². The molecule has 3 rings (SSSR count). The van der Waals surface area contributed by atoms with E-state index < -0.39 is 0 Å². The van der Waals surface area contributed by atoms with E-state index in [0.717, 1.165) is 30.6 Å².